The molecule has 0 aromatic heterocycles. The lowest BCUT2D eigenvalue weighted by Crippen LogP contribution is -2.37. The fraction of sp³-hybridized carbons (Fsp3) is 0.724. The van der Waals surface area contributed by atoms with Crippen molar-refractivity contribution in [1.29, 1.82) is 0 Å². The first kappa shape index (κ1) is 65.2. The number of carbonyl (C=O) groups excluding carboxylic acids is 2. The molecule has 0 saturated heterocycles. The Bertz CT molecular complexity index is 1420. The first-order valence-electron chi connectivity index (χ1n) is 27.3. The van der Waals surface area contributed by atoms with E-state index in [2.05, 4.69) is 98.9 Å². The first-order chi connectivity index (χ1) is 33.0. The summed E-state index contributed by atoms with van der Waals surface area (Å²) in [6.07, 6.45) is 65.5. The molecule has 0 aliphatic heterocycles. The van der Waals surface area contributed by atoms with Gasteiger partial charge in [-0.15, -0.1) is 0 Å². The van der Waals surface area contributed by atoms with Gasteiger partial charge in [0.25, 0.3) is 0 Å². The van der Waals surface area contributed by atoms with Gasteiger partial charge >= 0.3 is 19.8 Å². The van der Waals surface area contributed by atoms with E-state index >= 15 is 0 Å². The van der Waals surface area contributed by atoms with E-state index in [1.165, 1.54) is 103 Å². The Labute approximate surface area is 418 Å². The maximum atomic E-state index is 12.7. The minimum Gasteiger partial charge on any atom is -0.462 e. The Morgan fingerprint density at radius 2 is 0.838 bits per heavy atom. The number of likely N-dealkylation sites (N-methyl/N-ethyl adjacent to an activating group) is 1. The minimum absolute atomic E-state index is 0.0306. The highest BCUT2D eigenvalue weighted by molar-refractivity contribution is 7.47. The standard InChI is InChI=1S/C58H102NO8P/c1-6-8-10-12-14-15-16-17-18-19-20-21-22-23-24-25-26-27-28-29-30-31-32-33-34-35-36-37-38-39-40-41-42-43-45-47-49-51-58(61)67-56(55-66-68(62,63)65-53-52-59(3,4)5)54-64-57(60)50-48-46-44-13-11-9-7-2/h8,10,14-15,17-18,20-21,23-24,26-27,29-30,56H,6-7,9,11-13,16,19,22,25,28,31-55H2,1-5H3/p+1/b10-8-,15-14-,18-17-,21-20-,24-23-,27-26-,30-29-. The van der Waals surface area contributed by atoms with E-state index < -0.39 is 26.5 Å². The van der Waals surface area contributed by atoms with Crippen LogP contribution in [0.1, 0.15) is 219 Å². The van der Waals surface area contributed by atoms with Crippen LogP contribution in [0.5, 0.6) is 0 Å². The predicted molar refractivity (Wildman–Crippen MR) is 289 cm³/mol. The van der Waals surface area contributed by atoms with Gasteiger partial charge in [-0.05, 0) is 70.6 Å². The molecule has 0 heterocycles. The van der Waals surface area contributed by atoms with Crippen LogP contribution in [-0.4, -0.2) is 74.9 Å². The van der Waals surface area contributed by atoms with Crippen LogP contribution in [0.25, 0.3) is 0 Å². The van der Waals surface area contributed by atoms with Crippen LogP contribution in [-0.2, 0) is 32.7 Å². The summed E-state index contributed by atoms with van der Waals surface area (Å²) < 4.78 is 34.3. The molecule has 2 unspecified atom stereocenters. The fourth-order valence-electron chi connectivity index (χ4n) is 7.23. The van der Waals surface area contributed by atoms with Crippen molar-refractivity contribution in [3.8, 4) is 0 Å². The van der Waals surface area contributed by atoms with Crippen molar-refractivity contribution >= 4 is 19.8 Å². The topological polar surface area (TPSA) is 108 Å². The number of rotatable bonds is 49. The normalized spacial score (nSPS) is 14.0. The Balaban J connectivity index is 3.93. The van der Waals surface area contributed by atoms with Crippen molar-refractivity contribution in [2.24, 2.45) is 0 Å². The summed E-state index contributed by atoms with van der Waals surface area (Å²) in [5.74, 6) is -0.804. The molecule has 2 atom stereocenters. The van der Waals surface area contributed by atoms with Gasteiger partial charge in [-0.2, -0.15) is 0 Å². The van der Waals surface area contributed by atoms with Crippen molar-refractivity contribution in [2.75, 3.05) is 47.5 Å². The van der Waals surface area contributed by atoms with Crippen molar-refractivity contribution in [1.82, 2.24) is 0 Å². The molecule has 68 heavy (non-hydrogen) atoms. The molecule has 392 valence electrons. The Morgan fingerprint density at radius 3 is 1.25 bits per heavy atom. The minimum atomic E-state index is -4.37. The molecule has 0 aromatic rings. The Morgan fingerprint density at radius 1 is 0.471 bits per heavy atom. The SMILES string of the molecule is CC/C=C\C/C=C\C/C=C\C/C=C\C/C=C\C/C=C\C/C=C\CCCCCCCCCCCCCCCCCC(=O)OC(COC(=O)CCCCCCCCC)COP(=O)(O)OCC[N+](C)(C)C. The van der Waals surface area contributed by atoms with E-state index in [1.54, 1.807) is 0 Å². The van der Waals surface area contributed by atoms with E-state index in [0.29, 0.717) is 17.4 Å². The molecule has 1 N–H and O–H groups in total. The fourth-order valence-corrected chi connectivity index (χ4v) is 7.97. The van der Waals surface area contributed by atoms with E-state index in [0.717, 1.165) is 83.5 Å². The third kappa shape index (κ3) is 52.6. The molecule has 0 spiro atoms. The van der Waals surface area contributed by atoms with Gasteiger partial charge in [-0.1, -0.05) is 221 Å². The molecule has 0 fully saturated rings. The Kier molecular flexibility index (Phi) is 47.2. The maximum absolute atomic E-state index is 12.7. The van der Waals surface area contributed by atoms with Crippen LogP contribution in [0.2, 0.25) is 0 Å². The van der Waals surface area contributed by atoms with Crippen LogP contribution in [0.4, 0.5) is 0 Å². The number of ether oxygens (including phenoxy) is 2. The third-order valence-corrected chi connectivity index (χ3v) is 12.4. The van der Waals surface area contributed by atoms with E-state index in [4.69, 9.17) is 18.5 Å². The van der Waals surface area contributed by atoms with Gasteiger partial charge in [-0.25, -0.2) is 4.57 Å². The van der Waals surface area contributed by atoms with Crippen molar-refractivity contribution < 1.29 is 42.1 Å². The zero-order chi connectivity index (χ0) is 49.9. The summed E-state index contributed by atoms with van der Waals surface area (Å²) in [6, 6.07) is 0. The lowest BCUT2D eigenvalue weighted by Gasteiger charge is -2.24. The monoisotopic (exact) mass is 973 g/mol. The van der Waals surface area contributed by atoms with Crippen LogP contribution in [0.15, 0.2) is 85.1 Å². The molecule has 0 bridgehead atoms. The third-order valence-electron chi connectivity index (χ3n) is 11.4. The molecule has 9 nitrogen and oxygen atoms in total. The molecule has 0 radical (unpaired) electrons. The van der Waals surface area contributed by atoms with Gasteiger partial charge in [0, 0.05) is 12.8 Å². The van der Waals surface area contributed by atoms with Gasteiger partial charge in [0.2, 0.25) is 0 Å². The van der Waals surface area contributed by atoms with Gasteiger partial charge in [-0.3, -0.25) is 18.6 Å². The van der Waals surface area contributed by atoms with Gasteiger partial charge in [0.1, 0.15) is 19.8 Å². The number of quaternary nitrogens is 1. The van der Waals surface area contributed by atoms with Crippen molar-refractivity contribution in [3.63, 3.8) is 0 Å². The molecule has 0 saturated carbocycles. The van der Waals surface area contributed by atoms with Crippen LogP contribution < -0.4 is 0 Å². The molecule has 0 aromatic carbocycles. The van der Waals surface area contributed by atoms with E-state index in [1.807, 2.05) is 21.1 Å². The second-order valence-corrected chi connectivity index (χ2v) is 20.7. The molecule has 0 rings (SSSR count). The summed E-state index contributed by atoms with van der Waals surface area (Å²) in [4.78, 5) is 35.3. The molecule has 0 amide bonds. The van der Waals surface area contributed by atoms with Gasteiger partial charge in [0.05, 0.1) is 27.7 Å². The number of unbranched alkanes of at least 4 members (excludes halogenated alkanes) is 21. The predicted octanol–water partition coefficient (Wildman–Crippen LogP) is 16.7. The molecular formula is C58H103NO8P+. The summed E-state index contributed by atoms with van der Waals surface area (Å²) in [7, 11) is 1.47. The maximum Gasteiger partial charge on any atom is 0.472 e. The summed E-state index contributed by atoms with van der Waals surface area (Å²) in [5.41, 5.74) is 0. The number of hydrogen-bond donors (Lipinski definition) is 1. The van der Waals surface area contributed by atoms with Crippen molar-refractivity contribution in [3.05, 3.63) is 85.1 Å². The summed E-state index contributed by atoms with van der Waals surface area (Å²) >= 11 is 0. The van der Waals surface area contributed by atoms with Crippen molar-refractivity contribution in [2.45, 2.75) is 225 Å². The number of phosphoric ester groups is 1. The molecular weight excluding hydrogens is 870 g/mol. The highest BCUT2D eigenvalue weighted by Gasteiger charge is 2.27. The first-order valence-corrected chi connectivity index (χ1v) is 28.8. The zero-order valence-corrected chi connectivity index (χ0v) is 45.2. The Hall–Kier alpha value is -2.81. The van der Waals surface area contributed by atoms with Gasteiger partial charge in [0.15, 0.2) is 6.10 Å². The number of nitrogens with zero attached hydrogens (tertiary/aromatic N) is 1. The number of allylic oxidation sites excluding steroid dienone is 14. The smallest absolute Gasteiger partial charge is 0.462 e. The highest BCUT2D eigenvalue weighted by atomic mass is 31.2. The second-order valence-electron chi connectivity index (χ2n) is 19.2. The summed E-state index contributed by atoms with van der Waals surface area (Å²) in [5, 5.41) is 0. The molecule has 10 heteroatoms. The van der Waals surface area contributed by atoms with E-state index in [-0.39, 0.29) is 32.0 Å². The average molecular weight is 973 g/mol. The largest absolute Gasteiger partial charge is 0.472 e. The second kappa shape index (κ2) is 49.2. The average Bonchev–Trinajstić information content (AvgIpc) is 3.30. The number of carbonyl (C=O) groups is 2. The highest BCUT2D eigenvalue weighted by Crippen LogP contribution is 2.43. The van der Waals surface area contributed by atoms with Crippen LogP contribution >= 0.6 is 7.82 Å². The molecule has 0 aliphatic rings. The zero-order valence-electron chi connectivity index (χ0n) is 44.3. The van der Waals surface area contributed by atoms with Crippen LogP contribution in [0, 0.1) is 0 Å². The quantitative estimate of drug-likeness (QED) is 0.0211. The number of hydrogen-bond acceptors (Lipinski definition) is 7. The van der Waals surface area contributed by atoms with Crippen LogP contribution in [0.3, 0.4) is 0 Å². The lowest BCUT2D eigenvalue weighted by molar-refractivity contribution is -0.870. The lowest BCUT2D eigenvalue weighted by atomic mass is 10.0. The van der Waals surface area contributed by atoms with Gasteiger partial charge < -0.3 is 18.9 Å². The molecule has 0 aliphatic carbocycles. The summed E-state index contributed by atoms with van der Waals surface area (Å²) in [6.45, 7) is 4.26. The number of phosphoric acid groups is 1. The number of esters is 2. The van der Waals surface area contributed by atoms with E-state index in [9.17, 15) is 19.0 Å².